The van der Waals surface area contributed by atoms with Crippen molar-refractivity contribution in [3.05, 3.63) is 90.5 Å². The number of ether oxygens (including phenoxy) is 4. The summed E-state index contributed by atoms with van der Waals surface area (Å²) >= 11 is 6.44. The van der Waals surface area contributed by atoms with E-state index >= 15 is 0 Å². The molecule has 52 heavy (non-hydrogen) atoms. The quantitative estimate of drug-likeness (QED) is 0.156. The fraction of sp³-hybridized carbons (Fsp3) is 0.500. The van der Waals surface area contributed by atoms with Crippen LogP contribution >= 0.6 is 11.6 Å². The van der Waals surface area contributed by atoms with Crippen molar-refractivity contribution >= 4 is 39.2 Å². The molecular weight excluding hydrogens is 704 g/mol. The van der Waals surface area contributed by atoms with Gasteiger partial charge < -0.3 is 23.8 Å². The Kier molecular flexibility index (Phi) is 11.5. The van der Waals surface area contributed by atoms with Crippen LogP contribution in [0.15, 0.2) is 79.2 Å². The Balaban J connectivity index is 1.49. The minimum Gasteiger partial charge on any atom is -0.490 e. The number of carbonyl (C=O) groups excluding carboxylic acids is 2. The fourth-order valence-electron chi connectivity index (χ4n) is 7.30. The number of sulfonamides is 1. The highest BCUT2D eigenvalue weighted by Crippen LogP contribution is 2.47. The van der Waals surface area contributed by atoms with Crippen LogP contribution in [0.25, 0.3) is 0 Å². The van der Waals surface area contributed by atoms with Crippen LogP contribution in [0.2, 0.25) is 5.02 Å². The van der Waals surface area contributed by atoms with E-state index < -0.39 is 44.6 Å². The maximum absolute atomic E-state index is 13.7. The maximum atomic E-state index is 13.7. The number of hydrogen-bond donors (Lipinski definition) is 1. The third-order valence-electron chi connectivity index (χ3n) is 10.5. The molecule has 2 aliphatic carbocycles. The number of aryl methyl sites for hydroxylation is 1. The van der Waals surface area contributed by atoms with E-state index in [1.54, 1.807) is 38.1 Å². The summed E-state index contributed by atoms with van der Waals surface area (Å²) in [6.45, 7) is 16.3. The van der Waals surface area contributed by atoms with E-state index in [0.29, 0.717) is 36.2 Å². The number of benzene rings is 2. The molecule has 0 radical (unpaired) electrons. The van der Waals surface area contributed by atoms with E-state index in [4.69, 9.17) is 31.9 Å². The van der Waals surface area contributed by atoms with Crippen LogP contribution in [0.3, 0.4) is 0 Å². The molecule has 5 rings (SSSR count). The van der Waals surface area contributed by atoms with E-state index in [1.165, 1.54) is 31.6 Å². The number of esters is 1. The van der Waals surface area contributed by atoms with E-state index in [9.17, 15) is 18.0 Å². The summed E-state index contributed by atoms with van der Waals surface area (Å²) in [5.41, 5.74) is -0.156. The van der Waals surface area contributed by atoms with E-state index in [-0.39, 0.29) is 29.9 Å². The van der Waals surface area contributed by atoms with Crippen molar-refractivity contribution in [2.75, 3.05) is 37.8 Å². The summed E-state index contributed by atoms with van der Waals surface area (Å²) in [5, 5.41) is 0.670. The lowest BCUT2D eigenvalue weighted by Gasteiger charge is -2.46. The van der Waals surface area contributed by atoms with Crippen LogP contribution in [0, 0.1) is 11.8 Å². The van der Waals surface area contributed by atoms with Gasteiger partial charge in [-0.3, -0.25) is 4.79 Å². The molecule has 1 amide bonds. The smallest absolute Gasteiger partial charge is 0.338 e. The van der Waals surface area contributed by atoms with Gasteiger partial charge in [0.05, 0.1) is 31.8 Å². The highest BCUT2D eigenvalue weighted by molar-refractivity contribution is 7.90. The molecule has 1 heterocycles. The maximum Gasteiger partial charge on any atom is 0.338 e. The molecule has 1 saturated carbocycles. The van der Waals surface area contributed by atoms with Crippen LogP contribution in [0.4, 0.5) is 5.69 Å². The average molecular weight is 756 g/mol. The minimum atomic E-state index is -4.32. The molecule has 0 unspecified atom stereocenters. The minimum absolute atomic E-state index is 0.0280. The van der Waals surface area contributed by atoms with E-state index in [0.717, 1.165) is 44.2 Å². The first-order valence-corrected chi connectivity index (χ1v) is 19.6. The third kappa shape index (κ3) is 8.43. The van der Waals surface area contributed by atoms with Gasteiger partial charge in [-0.2, -0.15) is 0 Å². The van der Waals surface area contributed by atoms with Gasteiger partial charge in [-0.15, -0.1) is 13.2 Å². The van der Waals surface area contributed by atoms with E-state index in [2.05, 4.69) is 28.8 Å². The van der Waals surface area contributed by atoms with Gasteiger partial charge in [-0.05, 0) is 107 Å². The summed E-state index contributed by atoms with van der Waals surface area (Å²) in [6.07, 6.45) is 8.26. The second-order valence-corrected chi connectivity index (χ2v) is 17.1. The van der Waals surface area contributed by atoms with Gasteiger partial charge in [0.25, 0.3) is 15.9 Å². The van der Waals surface area contributed by atoms with Crippen molar-refractivity contribution in [1.29, 1.82) is 0 Å². The fourth-order valence-corrected chi connectivity index (χ4v) is 8.61. The lowest BCUT2D eigenvalue weighted by molar-refractivity contribution is -0.175. The van der Waals surface area contributed by atoms with Crippen LogP contribution in [-0.4, -0.2) is 70.5 Å². The summed E-state index contributed by atoms with van der Waals surface area (Å²) in [6, 6.07) is 10.6. The average Bonchev–Trinajstić information content (AvgIpc) is 3.24. The lowest BCUT2D eigenvalue weighted by atomic mass is 9.68. The molecule has 282 valence electrons. The molecular formula is C40H51ClN2O8S. The second-order valence-electron chi connectivity index (χ2n) is 15.0. The highest BCUT2D eigenvalue weighted by Gasteiger charge is 2.46. The van der Waals surface area contributed by atoms with Crippen molar-refractivity contribution in [1.82, 2.24) is 4.72 Å². The van der Waals surface area contributed by atoms with Crippen molar-refractivity contribution < 1.29 is 38.3 Å². The summed E-state index contributed by atoms with van der Waals surface area (Å²) < 4.78 is 61.2. The molecule has 2 aromatic carbocycles. The lowest BCUT2D eigenvalue weighted by Crippen LogP contribution is -2.50. The number of amides is 1. The zero-order valence-electron chi connectivity index (χ0n) is 31.5. The number of halogens is 1. The molecule has 1 spiro atoms. The van der Waals surface area contributed by atoms with Gasteiger partial charge in [0.2, 0.25) is 0 Å². The van der Waals surface area contributed by atoms with Gasteiger partial charge in [0.15, 0.2) is 5.60 Å². The predicted molar refractivity (Wildman–Crippen MR) is 202 cm³/mol. The first-order valence-electron chi connectivity index (χ1n) is 18.3. The van der Waals surface area contributed by atoms with Gasteiger partial charge in [0, 0.05) is 29.4 Å². The first-order chi connectivity index (χ1) is 25.1. The van der Waals surface area contributed by atoms with Crippen molar-refractivity contribution in [2.24, 2.45) is 11.8 Å². The molecule has 12 heteroatoms. The molecule has 0 bridgehead atoms. The molecule has 4 atom stereocenters. The summed E-state index contributed by atoms with van der Waals surface area (Å²) in [7, 11) is -4.32. The summed E-state index contributed by atoms with van der Waals surface area (Å²) in [5.74, 6) is -0.889. The van der Waals surface area contributed by atoms with Crippen LogP contribution < -0.4 is 14.4 Å². The van der Waals surface area contributed by atoms with Crippen LogP contribution in [0.1, 0.15) is 65.9 Å². The topological polar surface area (TPSA) is 120 Å². The zero-order valence-corrected chi connectivity index (χ0v) is 32.1. The Morgan fingerprint density at radius 3 is 2.52 bits per heavy atom. The van der Waals surface area contributed by atoms with Crippen molar-refractivity contribution in [3.63, 3.8) is 0 Å². The molecule has 1 fully saturated rings. The van der Waals surface area contributed by atoms with Crippen LogP contribution in [-0.2, 0) is 45.7 Å². The van der Waals surface area contributed by atoms with Gasteiger partial charge >= 0.3 is 5.97 Å². The molecule has 0 aromatic heterocycles. The Morgan fingerprint density at radius 2 is 1.85 bits per heavy atom. The van der Waals surface area contributed by atoms with Crippen molar-refractivity contribution in [3.8, 4) is 5.75 Å². The molecule has 2 aromatic rings. The zero-order chi connectivity index (χ0) is 38.6. The highest BCUT2D eigenvalue weighted by atomic mass is 35.5. The second kappa shape index (κ2) is 15.8. The normalized spacial score (nSPS) is 22.6. The summed E-state index contributed by atoms with van der Waals surface area (Å²) in [4.78, 5) is 28.4. The van der Waals surface area contributed by atoms with Crippen LogP contribution in [0.5, 0.6) is 5.75 Å². The Bertz CT molecular complexity index is 1850. The predicted octanol–water partition coefficient (Wildman–Crippen LogP) is 6.70. The standard InChI is InChI=1S/C40H51ClN2O8S/c1-8-20-49-38(4,5)36(44)42-52(46,47)30-15-18-35-33(23-30)43(25-40(26-48-35)19-11-12-27-22-29(41)14-17-32(27)40)24-28-13-16-31(28)34(10-3)51-37(45)39(6,7)50-21-9-2/h8-10,14-15,17-18,22-23,28,31,34H,1-3,11-13,16,19-21,24-26H2,4-7H3,(H,42,44)/t28-,31+,34-,40-/m0/s1/i3D/b10-3+. The van der Waals surface area contributed by atoms with Gasteiger partial charge in [-0.25, -0.2) is 17.9 Å². The molecule has 1 aliphatic heterocycles. The van der Waals surface area contributed by atoms with Crippen molar-refractivity contribution in [2.45, 2.75) is 87.4 Å². The third-order valence-corrected chi connectivity index (χ3v) is 12.1. The Labute approximate surface area is 314 Å². The Hall–Kier alpha value is -3.64. The number of anilines is 1. The van der Waals surface area contributed by atoms with E-state index in [1.807, 2.05) is 12.1 Å². The number of carbonyl (C=O) groups is 2. The molecule has 0 saturated heterocycles. The monoisotopic (exact) mass is 755 g/mol. The number of nitrogens with one attached hydrogen (secondary N) is 1. The largest absolute Gasteiger partial charge is 0.490 e. The number of hydrogen-bond acceptors (Lipinski definition) is 9. The Morgan fingerprint density at radius 1 is 1.12 bits per heavy atom. The number of nitrogens with zero attached hydrogens (tertiary/aromatic N) is 1. The number of fused-ring (bicyclic) bond motifs is 3. The van der Waals surface area contributed by atoms with Gasteiger partial charge in [-0.1, -0.05) is 42.5 Å². The first kappa shape index (κ1) is 38.1. The molecule has 10 nitrogen and oxygen atoms in total. The van der Waals surface area contributed by atoms with Gasteiger partial charge in [0.1, 0.15) is 17.5 Å². The molecule has 3 aliphatic rings. The molecule has 1 N–H and O–H groups in total. The number of rotatable bonds is 15. The SMILES string of the molecule is [2H]/C=C/[C@H](OC(=O)C(C)(C)OCC=C)[C@@H]1CC[C@H]1CN1C[C@@]2(CCCc3cc(Cl)ccc32)COc2ccc(S(=O)(=O)NC(=O)C(C)(C)OCC=C)cc21.